The van der Waals surface area contributed by atoms with Gasteiger partial charge in [-0.3, -0.25) is 0 Å². The first-order chi connectivity index (χ1) is 10.2. The Morgan fingerprint density at radius 3 is 2.90 bits per heavy atom. The molecule has 2 nitrogen and oxygen atoms in total. The first-order valence-corrected chi connectivity index (χ1v) is 8.39. The van der Waals surface area contributed by atoms with Gasteiger partial charge >= 0.3 is 0 Å². The fourth-order valence-electron chi connectivity index (χ4n) is 4.69. The van der Waals surface area contributed by atoms with Gasteiger partial charge in [0.15, 0.2) is 0 Å². The van der Waals surface area contributed by atoms with Gasteiger partial charge < -0.3 is 9.53 Å². The number of carbonyl (C=O) groups excluding carboxylic acids is 1. The van der Waals surface area contributed by atoms with E-state index >= 15 is 0 Å². The molecular formula is C19H26O2. The molecule has 2 heteroatoms. The first kappa shape index (κ1) is 14.8. The van der Waals surface area contributed by atoms with E-state index in [1.165, 1.54) is 36.8 Å². The zero-order valence-electron chi connectivity index (χ0n) is 13.2. The Bertz CT molecular complexity index is 522. The number of carbonyl (C=O) groups is 1. The molecule has 0 aliphatic heterocycles. The van der Waals surface area contributed by atoms with Crippen LogP contribution in [0.3, 0.4) is 0 Å². The second-order valence-corrected chi connectivity index (χ2v) is 6.67. The summed E-state index contributed by atoms with van der Waals surface area (Å²) < 4.78 is 6.15. The molecule has 0 amide bonds. The number of rotatable bonds is 5. The zero-order valence-corrected chi connectivity index (χ0v) is 13.2. The highest BCUT2D eigenvalue weighted by Gasteiger charge is 2.52. The van der Waals surface area contributed by atoms with Crippen molar-refractivity contribution < 1.29 is 9.53 Å². The van der Waals surface area contributed by atoms with Gasteiger partial charge in [0.1, 0.15) is 5.78 Å². The van der Waals surface area contributed by atoms with Crippen molar-refractivity contribution in [2.24, 2.45) is 5.92 Å². The van der Waals surface area contributed by atoms with Crippen molar-refractivity contribution in [2.45, 2.75) is 63.9 Å². The van der Waals surface area contributed by atoms with Gasteiger partial charge in [0.2, 0.25) is 0 Å². The Balaban J connectivity index is 2.02. The molecule has 0 N–H and O–H groups in total. The summed E-state index contributed by atoms with van der Waals surface area (Å²) in [5.74, 6) is 0.869. The van der Waals surface area contributed by atoms with E-state index in [-0.39, 0.29) is 11.5 Å². The van der Waals surface area contributed by atoms with Crippen molar-refractivity contribution in [3.05, 3.63) is 35.4 Å². The standard InChI is InChI=1S/C19H26O2/c1-3-21-18-15-8-4-5-9-16(15)19(13-11-14(2)20)12-7-6-10-17(18)19/h4-5,8-9,17-18H,3,6-7,10-13H2,1-2H3/t17-,18-,19-/m1/s1. The number of hydrogen-bond donors (Lipinski definition) is 0. The summed E-state index contributed by atoms with van der Waals surface area (Å²) in [4.78, 5) is 11.6. The van der Waals surface area contributed by atoms with Crippen molar-refractivity contribution >= 4 is 5.78 Å². The Morgan fingerprint density at radius 1 is 1.33 bits per heavy atom. The van der Waals surface area contributed by atoms with Crippen molar-refractivity contribution in [3.8, 4) is 0 Å². The summed E-state index contributed by atoms with van der Waals surface area (Å²) in [6.07, 6.45) is 6.95. The van der Waals surface area contributed by atoms with Crippen LogP contribution in [0.4, 0.5) is 0 Å². The molecule has 2 aliphatic carbocycles. The van der Waals surface area contributed by atoms with E-state index in [2.05, 4.69) is 31.2 Å². The molecular weight excluding hydrogens is 260 g/mol. The molecule has 0 saturated heterocycles. The fraction of sp³-hybridized carbons (Fsp3) is 0.632. The van der Waals surface area contributed by atoms with E-state index in [9.17, 15) is 4.79 Å². The van der Waals surface area contributed by atoms with Gasteiger partial charge in [0.25, 0.3) is 0 Å². The average molecular weight is 286 g/mol. The number of fused-ring (bicyclic) bond motifs is 3. The maximum Gasteiger partial charge on any atom is 0.129 e. The normalized spacial score (nSPS) is 30.8. The Morgan fingerprint density at radius 2 is 2.14 bits per heavy atom. The van der Waals surface area contributed by atoms with Crippen LogP contribution < -0.4 is 0 Å². The molecule has 3 rings (SSSR count). The highest BCUT2D eigenvalue weighted by molar-refractivity contribution is 5.75. The van der Waals surface area contributed by atoms with Crippen molar-refractivity contribution in [3.63, 3.8) is 0 Å². The van der Waals surface area contributed by atoms with E-state index in [0.717, 1.165) is 13.0 Å². The minimum absolute atomic E-state index is 0.181. The molecule has 1 aromatic rings. The third kappa shape index (κ3) is 2.44. The quantitative estimate of drug-likeness (QED) is 0.792. The third-order valence-corrected chi connectivity index (χ3v) is 5.54. The van der Waals surface area contributed by atoms with Crippen LogP contribution in [0.15, 0.2) is 24.3 Å². The molecule has 1 aromatic carbocycles. The number of ether oxygens (including phenoxy) is 1. The lowest BCUT2D eigenvalue weighted by atomic mass is 9.63. The van der Waals surface area contributed by atoms with Crippen LogP contribution in [0, 0.1) is 5.92 Å². The summed E-state index contributed by atoms with van der Waals surface area (Å²) in [6, 6.07) is 8.80. The van der Waals surface area contributed by atoms with Crippen molar-refractivity contribution in [2.75, 3.05) is 6.61 Å². The van der Waals surface area contributed by atoms with E-state index in [1.807, 2.05) is 0 Å². The van der Waals surface area contributed by atoms with Gasteiger partial charge in [-0.05, 0) is 50.2 Å². The zero-order chi connectivity index (χ0) is 14.9. The molecule has 0 radical (unpaired) electrons. The van der Waals surface area contributed by atoms with Gasteiger partial charge in [0.05, 0.1) is 6.10 Å². The second kappa shape index (κ2) is 5.92. The summed E-state index contributed by atoms with van der Waals surface area (Å²) in [7, 11) is 0. The first-order valence-electron chi connectivity index (χ1n) is 8.39. The Labute approximate surface area is 127 Å². The van der Waals surface area contributed by atoms with E-state index in [0.29, 0.717) is 18.1 Å². The molecule has 0 heterocycles. The molecule has 114 valence electrons. The van der Waals surface area contributed by atoms with Gasteiger partial charge in [-0.2, -0.15) is 0 Å². The number of hydrogen-bond acceptors (Lipinski definition) is 2. The van der Waals surface area contributed by atoms with Gasteiger partial charge in [-0.1, -0.05) is 37.1 Å². The topological polar surface area (TPSA) is 26.3 Å². The minimum Gasteiger partial charge on any atom is -0.373 e. The molecule has 0 spiro atoms. The summed E-state index contributed by atoms with van der Waals surface area (Å²) >= 11 is 0. The average Bonchev–Trinajstić information content (AvgIpc) is 2.77. The van der Waals surface area contributed by atoms with Gasteiger partial charge in [-0.15, -0.1) is 0 Å². The van der Waals surface area contributed by atoms with Gasteiger partial charge in [0, 0.05) is 18.4 Å². The number of benzene rings is 1. The van der Waals surface area contributed by atoms with Crippen LogP contribution in [-0.4, -0.2) is 12.4 Å². The molecule has 1 saturated carbocycles. The van der Waals surface area contributed by atoms with E-state index in [1.54, 1.807) is 6.92 Å². The fourth-order valence-corrected chi connectivity index (χ4v) is 4.69. The molecule has 21 heavy (non-hydrogen) atoms. The molecule has 2 aliphatic rings. The second-order valence-electron chi connectivity index (χ2n) is 6.67. The predicted octanol–water partition coefficient (Wildman–Crippen LogP) is 4.58. The lowest BCUT2D eigenvalue weighted by Crippen LogP contribution is -2.37. The van der Waals surface area contributed by atoms with Crippen LogP contribution in [-0.2, 0) is 14.9 Å². The monoisotopic (exact) mass is 286 g/mol. The smallest absolute Gasteiger partial charge is 0.129 e. The molecule has 0 bridgehead atoms. The van der Waals surface area contributed by atoms with Crippen LogP contribution in [0.2, 0.25) is 0 Å². The summed E-state index contributed by atoms with van der Waals surface area (Å²) in [6.45, 7) is 4.56. The van der Waals surface area contributed by atoms with Crippen LogP contribution in [0.25, 0.3) is 0 Å². The van der Waals surface area contributed by atoms with E-state index < -0.39 is 0 Å². The van der Waals surface area contributed by atoms with Crippen molar-refractivity contribution in [1.82, 2.24) is 0 Å². The van der Waals surface area contributed by atoms with E-state index in [4.69, 9.17) is 4.74 Å². The van der Waals surface area contributed by atoms with Gasteiger partial charge in [-0.25, -0.2) is 0 Å². The maximum atomic E-state index is 11.6. The molecule has 3 atom stereocenters. The molecule has 0 unspecified atom stereocenters. The largest absolute Gasteiger partial charge is 0.373 e. The minimum atomic E-state index is 0.181. The maximum absolute atomic E-state index is 11.6. The molecule has 0 aromatic heterocycles. The predicted molar refractivity (Wildman–Crippen MR) is 84.4 cm³/mol. The van der Waals surface area contributed by atoms with Crippen LogP contribution >= 0.6 is 0 Å². The number of Topliss-reactive ketones (excluding diaryl/α,β-unsaturated/α-hetero) is 1. The lowest BCUT2D eigenvalue weighted by Gasteiger charge is -2.42. The SMILES string of the molecule is CCO[C@@H]1c2ccccc2[C@]2(CCC(C)=O)CCCC[C@H]12. The summed E-state index contributed by atoms with van der Waals surface area (Å²) in [5, 5.41) is 0. The summed E-state index contributed by atoms with van der Waals surface area (Å²) in [5.41, 5.74) is 3.03. The van der Waals surface area contributed by atoms with Crippen LogP contribution in [0.1, 0.15) is 69.6 Å². The number of ketones is 1. The highest BCUT2D eigenvalue weighted by Crippen LogP contribution is 2.59. The Hall–Kier alpha value is -1.15. The van der Waals surface area contributed by atoms with Crippen molar-refractivity contribution in [1.29, 1.82) is 0 Å². The highest BCUT2D eigenvalue weighted by atomic mass is 16.5. The third-order valence-electron chi connectivity index (χ3n) is 5.54. The lowest BCUT2D eigenvalue weighted by molar-refractivity contribution is -0.117. The molecule has 1 fully saturated rings. The van der Waals surface area contributed by atoms with Crippen LogP contribution in [0.5, 0.6) is 0 Å². The Kier molecular flexibility index (Phi) is 4.17.